The summed E-state index contributed by atoms with van der Waals surface area (Å²) in [6.45, 7) is 0.948. The molecular formula is C11H13ClN6S. The van der Waals surface area contributed by atoms with Crippen LogP contribution in [0.5, 0.6) is 0 Å². The second kappa shape index (κ2) is 5.34. The highest BCUT2D eigenvalue weighted by Crippen LogP contribution is 2.32. The normalized spacial score (nSPS) is 15.0. The molecule has 0 amide bonds. The number of fused-ring (bicyclic) bond motifs is 1. The Labute approximate surface area is 119 Å². The maximum atomic E-state index is 5.89. The molecule has 100 valence electrons. The van der Waals surface area contributed by atoms with Gasteiger partial charge in [-0.3, -0.25) is 0 Å². The molecular weight excluding hydrogens is 284 g/mol. The Kier molecular flexibility index (Phi) is 3.56. The Morgan fingerprint density at radius 2 is 2.11 bits per heavy atom. The van der Waals surface area contributed by atoms with E-state index in [1.54, 1.807) is 0 Å². The lowest BCUT2D eigenvalue weighted by Gasteiger charge is -2.07. The van der Waals surface area contributed by atoms with Gasteiger partial charge in [0.2, 0.25) is 0 Å². The fraction of sp³-hybridized carbons (Fsp3) is 0.455. The summed E-state index contributed by atoms with van der Waals surface area (Å²) in [4.78, 5) is 7.99. The van der Waals surface area contributed by atoms with E-state index in [9.17, 15) is 0 Å². The van der Waals surface area contributed by atoms with Crippen LogP contribution in [0.25, 0.3) is 0 Å². The third-order valence-corrected chi connectivity index (χ3v) is 4.37. The number of nitrogens with zero attached hydrogens (tertiary/aromatic N) is 5. The second-order valence-electron chi connectivity index (χ2n) is 4.35. The van der Waals surface area contributed by atoms with Crippen LogP contribution in [0.15, 0.2) is 16.5 Å². The van der Waals surface area contributed by atoms with Gasteiger partial charge in [0.15, 0.2) is 10.3 Å². The first kappa shape index (κ1) is 12.7. The van der Waals surface area contributed by atoms with Crippen molar-refractivity contribution in [3.63, 3.8) is 0 Å². The minimum atomic E-state index is 0.271. The van der Waals surface area contributed by atoms with E-state index in [0.717, 1.165) is 30.4 Å². The van der Waals surface area contributed by atoms with Crippen molar-refractivity contribution < 1.29 is 0 Å². The average molecular weight is 297 g/mol. The molecule has 2 N–H and O–H groups in total. The predicted molar refractivity (Wildman–Crippen MR) is 73.2 cm³/mol. The average Bonchev–Trinajstić information content (AvgIpc) is 2.63. The number of hydrogen-bond donors (Lipinski definition) is 1. The summed E-state index contributed by atoms with van der Waals surface area (Å²) in [5.41, 5.74) is 6.26. The maximum Gasteiger partial charge on any atom is 0.197 e. The van der Waals surface area contributed by atoms with Gasteiger partial charge < -0.3 is 10.3 Å². The molecule has 8 heteroatoms. The van der Waals surface area contributed by atoms with Crippen LogP contribution >= 0.6 is 23.4 Å². The first-order chi connectivity index (χ1) is 9.25. The molecule has 0 bridgehead atoms. The van der Waals surface area contributed by atoms with Crippen molar-refractivity contribution >= 4 is 29.1 Å². The molecule has 1 aliphatic heterocycles. The number of rotatable bonds is 2. The minimum Gasteiger partial charge on any atom is -0.394 e. The SMILES string of the molecule is Nc1c(Cl)ncnc1Sc1nnc2n1CCCCC2. The topological polar surface area (TPSA) is 82.5 Å². The highest BCUT2D eigenvalue weighted by molar-refractivity contribution is 7.99. The van der Waals surface area contributed by atoms with Crippen molar-refractivity contribution in [2.75, 3.05) is 5.73 Å². The lowest BCUT2D eigenvalue weighted by Crippen LogP contribution is -2.03. The van der Waals surface area contributed by atoms with Crippen molar-refractivity contribution in [2.45, 2.75) is 42.4 Å². The summed E-state index contributed by atoms with van der Waals surface area (Å²) in [5.74, 6) is 1.04. The van der Waals surface area contributed by atoms with Crippen LogP contribution in [0.2, 0.25) is 5.15 Å². The molecule has 0 atom stereocenters. The van der Waals surface area contributed by atoms with Crippen LogP contribution in [0.1, 0.15) is 25.1 Å². The summed E-state index contributed by atoms with van der Waals surface area (Å²) < 4.78 is 2.15. The zero-order valence-electron chi connectivity index (χ0n) is 10.2. The van der Waals surface area contributed by atoms with Gasteiger partial charge >= 0.3 is 0 Å². The van der Waals surface area contributed by atoms with Crippen molar-refractivity contribution in [1.82, 2.24) is 24.7 Å². The van der Waals surface area contributed by atoms with Crippen molar-refractivity contribution in [3.8, 4) is 0 Å². The summed E-state index contributed by atoms with van der Waals surface area (Å²) in [6.07, 6.45) is 5.94. The Bertz CT molecular complexity index is 599. The van der Waals surface area contributed by atoms with Gasteiger partial charge in [0.05, 0.1) is 0 Å². The molecule has 0 spiro atoms. The van der Waals surface area contributed by atoms with Gasteiger partial charge in [-0.05, 0) is 24.6 Å². The van der Waals surface area contributed by atoms with E-state index >= 15 is 0 Å². The lowest BCUT2D eigenvalue weighted by molar-refractivity contribution is 0.590. The van der Waals surface area contributed by atoms with Gasteiger partial charge in [-0.2, -0.15) is 0 Å². The lowest BCUT2D eigenvalue weighted by atomic mass is 10.2. The molecule has 1 aliphatic rings. The largest absolute Gasteiger partial charge is 0.394 e. The fourth-order valence-corrected chi connectivity index (χ4v) is 3.12. The molecule has 6 nitrogen and oxygen atoms in total. The maximum absolute atomic E-state index is 5.89. The van der Waals surface area contributed by atoms with Crippen LogP contribution in [-0.4, -0.2) is 24.7 Å². The van der Waals surface area contributed by atoms with Crippen molar-refractivity contribution in [3.05, 3.63) is 17.3 Å². The standard InChI is InChI=1S/C11H13ClN6S/c12-9-8(13)10(15-6-14-9)19-11-17-16-7-4-2-1-3-5-18(7)11/h6H,1-5,13H2. The van der Waals surface area contributed by atoms with Crippen LogP contribution in [0, 0.1) is 0 Å². The second-order valence-corrected chi connectivity index (χ2v) is 5.66. The van der Waals surface area contributed by atoms with Crippen LogP contribution in [0.4, 0.5) is 5.69 Å². The molecule has 0 fully saturated rings. The van der Waals surface area contributed by atoms with E-state index in [1.807, 2.05) is 0 Å². The van der Waals surface area contributed by atoms with Gasteiger partial charge in [-0.15, -0.1) is 10.2 Å². The number of aryl methyl sites for hydroxylation is 1. The van der Waals surface area contributed by atoms with Gasteiger partial charge in [0.25, 0.3) is 0 Å². The number of hydrogen-bond acceptors (Lipinski definition) is 6. The first-order valence-electron chi connectivity index (χ1n) is 6.11. The molecule has 0 saturated heterocycles. The number of halogens is 1. The van der Waals surface area contributed by atoms with Gasteiger partial charge in [-0.25, -0.2) is 9.97 Å². The zero-order chi connectivity index (χ0) is 13.2. The quantitative estimate of drug-likeness (QED) is 0.855. The van der Waals surface area contributed by atoms with Gasteiger partial charge in [0, 0.05) is 13.0 Å². The third-order valence-electron chi connectivity index (χ3n) is 3.06. The monoisotopic (exact) mass is 296 g/mol. The summed E-state index contributed by atoms with van der Waals surface area (Å²) >= 11 is 7.28. The molecule has 2 aromatic heterocycles. The number of aromatic nitrogens is 5. The molecule has 0 unspecified atom stereocenters. The van der Waals surface area contributed by atoms with Crippen LogP contribution in [0.3, 0.4) is 0 Å². The molecule has 0 radical (unpaired) electrons. The molecule has 0 aliphatic carbocycles. The molecule has 2 aromatic rings. The van der Waals surface area contributed by atoms with Crippen LogP contribution < -0.4 is 5.73 Å². The molecule has 3 heterocycles. The molecule has 3 rings (SSSR count). The Morgan fingerprint density at radius 1 is 1.21 bits per heavy atom. The Hall–Kier alpha value is -1.34. The van der Waals surface area contributed by atoms with Crippen LogP contribution in [-0.2, 0) is 13.0 Å². The molecule has 0 saturated carbocycles. The number of nitrogens with two attached hydrogens (primary N) is 1. The van der Waals surface area contributed by atoms with Crippen molar-refractivity contribution in [2.24, 2.45) is 0 Å². The van der Waals surface area contributed by atoms with E-state index in [0.29, 0.717) is 10.7 Å². The summed E-state index contributed by atoms with van der Waals surface area (Å²) in [5, 5.41) is 10.2. The summed E-state index contributed by atoms with van der Waals surface area (Å²) in [6, 6.07) is 0. The van der Waals surface area contributed by atoms with Gasteiger partial charge in [-0.1, -0.05) is 18.0 Å². The predicted octanol–water partition coefficient (Wildman–Crippen LogP) is 2.18. The van der Waals surface area contributed by atoms with Crippen molar-refractivity contribution in [1.29, 1.82) is 0 Å². The zero-order valence-corrected chi connectivity index (χ0v) is 11.8. The minimum absolute atomic E-state index is 0.271. The smallest absolute Gasteiger partial charge is 0.197 e. The van der Waals surface area contributed by atoms with E-state index in [-0.39, 0.29) is 5.15 Å². The third kappa shape index (κ3) is 2.52. The fourth-order valence-electron chi connectivity index (χ4n) is 2.06. The first-order valence-corrected chi connectivity index (χ1v) is 7.31. The van der Waals surface area contributed by atoms with Gasteiger partial charge in [0.1, 0.15) is 22.9 Å². The highest BCUT2D eigenvalue weighted by Gasteiger charge is 2.17. The highest BCUT2D eigenvalue weighted by atomic mass is 35.5. The van der Waals surface area contributed by atoms with E-state index < -0.39 is 0 Å². The molecule has 0 aromatic carbocycles. The van der Waals surface area contributed by atoms with E-state index in [2.05, 4.69) is 24.7 Å². The number of anilines is 1. The van der Waals surface area contributed by atoms with E-state index in [1.165, 1.54) is 30.9 Å². The summed E-state index contributed by atoms with van der Waals surface area (Å²) in [7, 11) is 0. The van der Waals surface area contributed by atoms with E-state index in [4.69, 9.17) is 17.3 Å². The Morgan fingerprint density at radius 3 is 3.00 bits per heavy atom. The molecule has 19 heavy (non-hydrogen) atoms. The number of nitrogen functional groups attached to an aromatic ring is 1. The Balaban J connectivity index is 1.91.